The number of rotatable bonds is 4. The van der Waals surface area contributed by atoms with Crippen molar-refractivity contribution in [2.24, 2.45) is 0 Å². The average Bonchev–Trinajstić information content (AvgIpc) is 2.01. The number of hydrogen-bond donors (Lipinski definition) is 2. The number of carboxylic acid groups (broad SMARTS) is 1. The van der Waals surface area contributed by atoms with E-state index in [1.807, 2.05) is 0 Å². The van der Waals surface area contributed by atoms with Crippen LogP contribution in [0.2, 0.25) is 0 Å². The molecule has 0 bridgehead atoms. The van der Waals surface area contributed by atoms with Gasteiger partial charge in [-0.3, -0.25) is 9.18 Å². The lowest BCUT2D eigenvalue weighted by Crippen LogP contribution is -2.47. The highest BCUT2D eigenvalue weighted by Gasteiger charge is 2.40. The third-order valence-corrected chi connectivity index (χ3v) is 1.26. The fourth-order valence-electron chi connectivity index (χ4n) is 0.607. The van der Waals surface area contributed by atoms with Crippen molar-refractivity contribution in [3.05, 3.63) is 0 Å². The lowest BCUT2D eigenvalue weighted by atomic mass is 10.2. The molecule has 0 aliphatic rings. The first-order valence-electron chi connectivity index (χ1n) is 3.45. The van der Waals surface area contributed by atoms with Gasteiger partial charge in [0.25, 0.3) is 0 Å². The van der Waals surface area contributed by atoms with Gasteiger partial charge in [-0.2, -0.15) is 13.2 Å². The summed E-state index contributed by atoms with van der Waals surface area (Å²) in [5, 5.41) is 9.42. The molecule has 2 N–H and O–H groups in total. The second-order valence-electron chi connectivity index (χ2n) is 2.34. The van der Waals surface area contributed by atoms with E-state index in [0.717, 1.165) is 5.32 Å². The van der Waals surface area contributed by atoms with Crippen molar-refractivity contribution in [3.63, 3.8) is 0 Å². The normalized spacial score (nSPS) is 13.4. The number of carbonyl (C=O) groups is 2. The van der Waals surface area contributed by atoms with E-state index >= 15 is 0 Å². The second-order valence-corrected chi connectivity index (χ2v) is 2.34. The van der Waals surface area contributed by atoms with Crippen LogP contribution < -0.4 is 5.32 Å². The molecule has 0 spiro atoms. The van der Waals surface area contributed by atoms with Gasteiger partial charge in [0, 0.05) is 6.42 Å². The van der Waals surface area contributed by atoms with Crippen LogP contribution in [0.3, 0.4) is 0 Å². The minimum atomic E-state index is -5.16. The molecule has 0 rings (SSSR count). The SMILES string of the molecule is O=C(O)C(CCF)NC(=O)C(F)(F)F. The molecule has 8 heteroatoms. The topological polar surface area (TPSA) is 66.4 Å². The Morgan fingerprint density at radius 2 is 1.86 bits per heavy atom. The minimum Gasteiger partial charge on any atom is -0.480 e. The molecule has 14 heavy (non-hydrogen) atoms. The molecule has 0 aromatic rings. The third-order valence-electron chi connectivity index (χ3n) is 1.26. The van der Waals surface area contributed by atoms with Gasteiger partial charge in [-0.1, -0.05) is 0 Å². The van der Waals surface area contributed by atoms with E-state index in [2.05, 4.69) is 0 Å². The first-order chi connectivity index (χ1) is 6.29. The van der Waals surface area contributed by atoms with Crippen molar-refractivity contribution in [2.75, 3.05) is 6.67 Å². The lowest BCUT2D eigenvalue weighted by Gasteiger charge is -2.13. The molecule has 1 unspecified atom stereocenters. The molecule has 0 saturated heterocycles. The fourth-order valence-corrected chi connectivity index (χ4v) is 0.607. The van der Waals surface area contributed by atoms with Gasteiger partial charge in [0.05, 0.1) is 6.67 Å². The summed E-state index contributed by atoms with van der Waals surface area (Å²) in [5.41, 5.74) is 0. The number of halogens is 4. The van der Waals surface area contributed by atoms with Crippen LogP contribution in [0, 0.1) is 0 Å². The molecular formula is C6H7F4NO3. The summed E-state index contributed by atoms with van der Waals surface area (Å²) in [6, 6.07) is -1.85. The van der Waals surface area contributed by atoms with Gasteiger partial charge in [-0.25, -0.2) is 4.79 Å². The zero-order chi connectivity index (χ0) is 11.4. The first-order valence-corrected chi connectivity index (χ1v) is 3.45. The van der Waals surface area contributed by atoms with Crippen LogP contribution in [0.5, 0.6) is 0 Å². The van der Waals surface area contributed by atoms with Gasteiger partial charge in [-0.15, -0.1) is 0 Å². The minimum absolute atomic E-state index is 0.697. The van der Waals surface area contributed by atoms with E-state index in [-0.39, 0.29) is 0 Å². The Kier molecular flexibility index (Phi) is 4.32. The molecule has 0 saturated carbocycles. The van der Waals surface area contributed by atoms with Gasteiger partial charge < -0.3 is 10.4 Å². The van der Waals surface area contributed by atoms with E-state index in [9.17, 15) is 27.2 Å². The molecule has 0 radical (unpaired) electrons. The number of nitrogens with one attached hydrogen (secondary N) is 1. The van der Waals surface area contributed by atoms with Crippen molar-refractivity contribution < 1.29 is 32.3 Å². The van der Waals surface area contributed by atoms with Gasteiger partial charge in [0.15, 0.2) is 0 Å². The van der Waals surface area contributed by atoms with Crippen LogP contribution >= 0.6 is 0 Å². The summed E-state index contributed by atoms with van der Waals surface area (Å²) < 4.78 is 46.5. The van der Waals surface area contributed by atoms with E-state index in [1.54, 1.807) is 0 Å². The van der Waals surface area contributed by atoms with Gasteiger partial charge in [-0.05, 0) is 0 Å². The summed E-state index contributed by atoms with van der Waals surface area (Å²) in [6.45, 7) is -1.13. The highest BCUT2D eigenvalue weighted by Crippen LogP contribution is 2.14. The summed E-state index contributed by atoms with van der Waals surface area (Å²) in [7, 11) is 0. The predicted octanol–water partition coefficient (Wildman–Crippen LogP) is 0.478. The maximum atomic E-state index is 11.7. The number of amides is 1. The molecule has 0 fully saturated rings. The van der Waals surface area contributed by atoms with Crippen molar-refractivity contribution in [1.29, 1.82) is 0 Å². The molecular weight excluding hydrogens is 210 g/mol. The van der Waals surface area contributed by atoms with Crippen molar-refractivity contribution >= 4 is 11.9 Å². The van der Waals surface area contributed by atoms with E-state index in [0.29, 0.717) is 0 Å². The molecule has 1 atom stereocenters. The molecule has 0 aliphatic heterocycles. The van der Waals surface area contributed by atoms with E-state index in [1.165, 1.54) is 0 Å². The van der Waals surface area contributed by atoms with Crippen molar-refractivity contribution in [1.82, 2.24) is 5.32 Å². The van der Waals surface area contributed by atoms with E-state index in [4.69, 9.17) is 5.11 Å². The molecule has 0 heterocycles. The molecule has 0 aromatic carbocycles. The van der Waals surface area contributed by atoms with Crippen LogP contribution in [0.15, 0.2) is 0 Å². The first kappa shape index (κ1) is 12.7. The Morgan fingerprint density at radius 1 is 1.36 bits per heavy atom. The quantitative estimate of drug-likeness (QED) is 0.673. The Hall–Kier alpha value is -1.34. The number of carbonyl (C=O) groups excluding carboxylic acids is 1. The highest BCUT2D eigenvalue weighted by molar-refractivity contribution is 5.86. The zero-order valence-electron chi connectivity index (χ0n) is 6.77. The van der Waals surface area contributed by atoms with Crippen LogP contribution in [0.1, 0.15) is 6.42 Å². The number of aliphatic carboxylic acids is 1. The molecule has 82 valence electrons. The maximum Gasteiger partial charge on any atom is 0.471 e. The van der Waals surface area contributed by atoms with Gasteiger partial charge in [0.2, 0.25) is 0 Å². The Balaban J connectivity index is 4.31. The predicted molar refractivity (Wildman–Crippen MR) is 36.2 cm³/mol. The van der Waals surface area contributed by atoms with Crippen LogP contribution in [0.4, 0.5) is 17.6 Å². The summed E-state index contributed by atoms with van der Waals surface area (Å²) in [5.74, 6) is -4.10. The Bertz CT molecular complexity index is 228. The smallest absolute Gasteiger partial charge is 0.471 e. The van der Waals surface area contributed by atoms with Crippen LogP contribution in [0.25, 0.3) is 0 Å². The monoisotopic (exact) mass is 217 g/mol. The standard InChI is InChI=1S/C6H7F4NO3/c7-2-1-3(4(12)13)11-5(14)6(8,9)10/h3H,1-2H2,(H,11,14)(H,12,13). The summed E-state index contributed by atoms with van der Waals surface area (Å²) in [6.07, 6.45) is -5.86. The lowest BCUT2D eigenvalue weighted by molar-refractivity contribution is -0.175. The van der Waals surface area contributed by atoms with Crippen LogP contribution in [-0.4, -0.2) is 35.9 Å². The van der Waals surface area contributed by atoms with E-state index < -0.39 is 37.2 Å². The third kappa shape index (κ3) is 4.06. The van der Waals surface area contributed by atoms with Crippen LogP contribution in [-0.2, 0) is 9.59 Å². The number of alkyl halides is 4. The Labute approximate surface area is 75.9 Å². The van der Waals surface area contributed by atoms with Crippen molar-refractivity contribution in [3.8, 4) is 0 Å². The molecule has 4 nitrogen and oxygen atoms in total. The number of carboxylic acids is 1. The molecule has 0 aliphatic carbocycles. The Morgan fingerprint density at radius 3 is 2.14 bits per heavy atom. The van der Waals surface area contributed by atoms with Gasteiger partial charge >= 0.3 is 18.1 Å². The summed E-state index contributed by atoms with van der Waals surface area (Å²) in [4.78, 5) is 20.4. The average molecular weight is 217 g/mol. The summed E-state index contributed by atoms with van der Waals surface area (Å²) >= 11 is 0. The van der Waals surface area contributed by atoms with Crippen molar-refractivity contribution in [2.45, 2.75) is 18.6 Å². The molecule has 0 aromatic heterocycles. The fraction of sp³-hybridized carbons (Fsp3) is 0.667. The largest absolute Gasteiger partial charge is 0.480 e. The highest BCUT2D eigenvalue weighted by atomic mass is 19.4. The number of hydrogen-bond acceptors (Lipinski definition) is 2. The second kappa shape index (κ2) is 4.77. The maximum absolute atomic E-state index is 11.7. The zero-order valence-corrected chi connectivity index (χ0v) is 6.77. The van der Waals surface area contributed by atoms with Gasteiger partial charge in [0.1, 0.15) is 6.04 Å². The molecule has 1 amide bonds.